The number of thioether (sulfide) groups is 1. The molecule has 1 saturated carbocycles. The monoisotopic (exact) mass is 467 g/mol. The van der Waals surface area contributed by atoms with Gasteiger partial charge in [0.15, 0.2) is 5.82 Å². The maximum Gasteiger partial charge on any atom is 0.237 e. The Hall–Kier alpha value is -2.81. The largest absolute Gasteiger partial charge is 0.490 e. The van der Waals surface area contributed by atoms with Gasteiger partial charge in [0.05, 0.1) is 23.9 Å². The normalized spacial score (nSPS) is 20.1. The average molecular weight is 468 g/mol. The molecule has 8 nitrogen and oxygen atoms in total. The van der Waals surface area contributed by atoms with Crippen LogP contribution in [0.4, 0.5) is 11.5 Å². The highest BCUT2D eigenvalue weighted by Crippen LogP contribution is 2.33. The third kappa shape index (κ3) is 5.24. The van der Waals surface area contributed by atoms with Crippen LogP contribution in [0.1, 0.15) is 31.2 Å². The Balaban J connectivity index is 1.16. The highest BCUT2D eigenvalue weighted by atomic mass is 32.2. The first-order chi connectivity index (χ1) is 16.1. The van der Waals surface area contributed by atoms with E-state index in [1.807, 2.05) is 37.3 Å². The summed E-state index contributed by atoms with van der Waals surface area (Å²) in [5, 5.41) is 12.6. The molecule has 3 heterocycles. The minimum absolute atomic E-state index is 0.00728. The number of aryl methyl sites for hydroxylation is 1. The molecular formula is C24H29N5O3S. The Bertz CT molecular complexity index is 1030. The number of benzene rings is 1. The van der Waals surface area contributed by atoms with Crippen LogP contribution in [0.3, 0.4) is 0 Å². The maximum atomic E-state index is 12.9. The van der Waals surface area contributed by atoms with E-state index >= 15 is 0 Å². The van der Waals surface area contributed by atoms with Gasteiger partial charge < -0.3 is 19.9 Å². The van der Waals surface area contributed by atoms with Gasteiger partial charge in [-0.1, -0.05) is 17.8 Å². The molecule has 1 aromatic heterocycles. The summed E-state index contributed by atoms with van der Waals surface area (Å²) in [5.74, 6) is 2.02. The SMILES string of the molecule is Cc1ccc2c(c1)N(C(=O)CSc1ccc(N3CCC[C@H](C(=O)NC4CC4)C3)nn1)CCO2. The fourth-order valence-corrected chi connectivity index (χ4v) is 4.99. The van der Waals surface area contributed by atoms with Crippen molar-refractivity contribution in [3.05, 3.63) is 35.9 Å². The van der Waals surface area contributed by atoms with Crippen LogP contribution < -0.4 is 19.9 Å². The number of nitrogens with zero attached hydrogens (tertiary/aromatic N) is 4. The van der Waals surface area contributed by atoms with E-state index in [2.05, 4.69) is 20.4 Å². The van der Waals surface area contributed by atoms with Gasteiger partial charge in [0.2, 0.25) is 11.8 Å². The zero-order valence-electron chi connectivity index (χ0n) is 18.8. The second kappa shape index (κ2) is 9.59. The maximum absolute atomic E-state index is 12.9. The molecule has 5 rings (SSSR count). The van der Waals surface area contributed by atoms with Gasteiger partial charge in [0.1, 0.15) is 17.4 Å². The second-order valence-corrected chi connectivity index (χ2v) is 9.95. The molecule has 2 aromatic rings. The van der Waals surface area contributed by atoms with E-state index in [9.17, 15) is 9.59 Å². The third-order valence-electron chi connectivity index (χ3n) is 6.29. The molecule has 1 N–H and O–H groups in total. The number of aromatic nitrogens is 2. The summed E-state index contributed by atoms with van der Waals surface area (Å²) in [7, 11) is 0. The molecule has 1 aliphatic carbocycles. The number of ether oxygens (including phenoxy) is 1. The Labute approximate surface area is 198 Å². The second-order valence-electron chi connectivity index (χ2n) is 8.95. The van der Waals surface area contributed by atoms with Crippen molar-refractivity contribution >= 4 is 35.1 Å². The Kier molecular flexibility index (Phi) is 6.39. The Morgan fingerprint density at radius 2 is 2.03 bits per heavy atom. The summed E-state index contributed by atoms with van der Waals surface area (Å²) in [6, 6.07) is 10.1. The lowest BCUT2D eigenvalue weighted by atomic mass is 9.97. The Morgan fingerprint density at radius 1 is 1.15 bits per heavy atom. The number of rotatable bonds is 6. The smallest absolute Gasteiger partial charge is 0.237 e. The summed E-state index contributed by atoms with van der Waals surface area (Å²) in [5.41, 5.74) is 1.93. The quantitative estimate of drug-likeness (QED) is 0.654. The van der Waals surface area contributed by atoms with Gasteiger partial charge >= 0.3 is 0 Å². The third-order valence-corrected chi connectivity index (χ3v) is 7.19. The van der Waals surface area contributed by atoms with E-state index in [1.54, 1.807) is 4.90 Å². The highest BCUT2D eigenvalue weighted by Gasteiger charge is 2.31. The molecule has 0 radical (unpaired) electrons. The van der Waals surface area contributed by atoms with E-state index in [-0.39, 0.29) is 23.5 Å². The highest BCUT2D eigenvalue weighted by molar-refractivity contribution is 7.99. The van der Waals surface area contributed by atoms with Gasteiger partial charge in [-0.2, -0.15) is 0 Å². The molecule has 0 spiro atoms. The van der Waals surface area contributed by atoms with E-state index in [0.717, 1.165) is 55.0 Å². The van der Waals surface area contributed by atoms with Crippen LogP contribution in [0.15, 0.2) is 35.4 Å². The summed E-state index contributed by atoms with van der Waals surface area (Å²) in [6.45, 7) is 4.60. The van der Waals surface area contributed by atoms with Crippen LogP contribution in [0.5, 0.6) is 5.75 Å². The molecule has 9 heteroatoms. The van der Waals surface area contributed by atoms with Crippen LogP contribution in [0.25, 0.3) is 0 Å². The molecule has 0 bridgehead atoms. The van der Waals surface area contributed by atoms with Crippen molar-refractivity contribution in [3.63, 3.8) is 0 Å². The van der Waals surface area contributed by atoms with Crippen molar-refractivity contribution in [1.29, 1.82) is 0 Å². The van der Waals surface area contributed by atoms with Gasteiger partial charge in [0, 0.05) is 19.1 Å². The van der Waals surface area contributed by atoms with E-state index in [4.69, 9.17) is 4.74 Å². The summed E-state index contributed by atoms with van der Waals surface area (Å²) < 4.78 is 5.68. The van der Waals surface area contributed by atoms with Gasteiger partial charge in [-0.15, -0.1) is 10.2 Å². The van der Waals surface area contributed by atoms with Gasteiger partial charge in [-0.05, 0) is 62.4 Å². The van der Waals surface area contributed by atoms with Crippen LogP contribution in [-0.4, -0.2) is 60.0 Å². The summed E-state index contributed by atoms with van der Waals surface area (Å²) >= 11 is 1.39. The number of piperidine rings is 1. The topological polar surface area (TPSA) is 87.7 Å². The molecule has 0 unspecified atom stereocenters. The predicted octanol–water partition coefficient (Wildman–Crippen LogP) is 2.80. The van der Waals surface area contributed by atoms with Crippen molar-refractivity contribution in [3.8, 4) is 5.75 Å². The van der Waals surface area contributed by atoms with Gasteiger partial charge in [0.25, 0.3) is 0 Å². The Morgan fingerprint density at radius 3 is 2.82 bits per heavy atom. The lowest BCUT2D eigenvalue weighted by Gasteiger charge is -2.32. The molecule has 174 valence electrons. The number of hydrogen-bond donors (Lipinski definition) is 1. The number of nitrogens with one attached hydrogen (secondary N) is 1. The molecule has 2 fully saturated rings. The van der Waals surface area contributed by atoms with E-state index < -0.39 is 0 Å². The molecule has 1 saturated heterocycles. The van der Waals surface area contributed by atoms with E-state index in [1.165, 1.54) is 11.8 Å². The first-order valence-electron chi connectivity index (χ1n) is 11.6. The molecular weight excluding hydrogens is 438 g/mol. The zero-order chi connectivity index (χ0) is 22.8. The minimum Gasteiger partial charge on any atom is -0.490 e. The van der Waals surface area contributed by atoms with Crippen LogP contribution in [0.2, 0.25) is 0 Å². The van der Waals surface area contributed by atoms with Crippen LogP contribution in [-0.2, 0) is 9.59 Å². The number of amides is 2. The van der Waals surface area contributed by atoms with E-state index in [0.29, 0.717) is 30.8 Å². The molecule has 2 amide bonds. The van der Waals surface area contributed by atoms with Crippen molar-refractivity contribution in [2.45, 2.75) is 43.7 Å². The van der Waals surface area contributed by atoms with Crippen molar-refractivity contribution < 1.29 is 14.3 Å². The lowest BCUT2D eigenvalue weighted by molar-refractivity contribution is -0.125. The number of carbonyl (C=O) groups excluding carboxylic acids is 2. The first kappa shape index (κ1) is 22.0. The van der Waals surface area contributed by atoms with Crippen molar-refractivity contribution in [2.24, 2.45) is 5.92 Å². The molecule has 1 aromatic carbocycles. The molecule has 2 aliphatic heterocycles. The number of hydrogen-bond acceptors (Lipinski definition) is 7. The summed E-state index contributed by atoms with van der Waals surface area (Å²) in [6.07, 6.45) is 4.10. The minimum atomic E-state index is 0.00728. The fourth-order valence-electron chi connectivity index (χ4n) is 4.30. The number of fused-ring (bicyclic) bond motifs is 1. The van der Waals surface area contributed by atoms with Crippen LogP contribution in [0, 0.1) is 12.8 Å². The predicted molar refractivity (Wildman–Crippen MR) is 128 cm³/mol. The van der Waals surface area contributed by atoms with Gasteiger partial charge in [-0.25, -0.2) is 0 Å². The lowest BCUT2D eigenvalue weighted by Crippen LogP contribution is -2.44. The first-order valence-corrected chi connectivity index (χ1v) is 12.6. The van der Waals surface area contributed by atoms with Crippen molar-refractivity contribution in [2.75, 3.05) is 41.8 Å². The fraction of sp³-hybridized carbons (Fsp3) is 0.500. The summed E-state index contributed by atoms with van der Waals surface area (Å²) in [4.78, 5) is 29.3. The molecule has 33 heavy (non-hydrogen) atoms. The average Bonchev–Trinajstić information content (AvgIpc) is 3.66. The standard InChI is InChI=1S/C24H29N5O3S/c1-16-4-7-20-19(13-16)29(11-12-32-20)23(30)15-33-22-9-8-21(26-27-22)28-10-2-3-17(14-28)24(31)25-18-5-6-18/h4,7-9,13,17-18H,2-3,5-6,10-12,14-15H2,1H3,(H,25,31)/t17-/m0/s1. The molecule has 1 atom stereocenters. The van der Waals surface area contributed by atoms with Crippen molar-refractivity contribution in [1.82, 2.24) is 15.5 Å². The molecule has 3 aliphatic rings. The number of anilines is 2. The number of carbonyl (C=O) groups is 2. The van der Waals surface area contributed by atoms with Crippen LogP contribution >= 0.6 is 11.8 Å². The zero-order valence-corrected chi connectivity index (χ0v) is 19.6. The van der Waals surface area contributed by atoms with Gasteiger partial charge in [-0.3, -0.25) is 9.59 Å².